The van der Waals surface area contributed by atoms with Crippen molar-refractivity contribution in [3.8, 4) is 5.82 Å². The number of aromatic nitrogens is 4. The molecule has 1 fully saturated rings. The average Bonchev–Trinajstić information content (AvgIpc) is 3.44. The first-order valence-electron chi connectivity index (χ1n) is 10.4. The summed E-state index contributed by atoms with van der Waals surface area (Å²) < 4.78 is 40.6. The van der Waals surface area contributed by atoms with Crippen LogP contribution in [0.15, 0.2) is 42.9 Å². The van der Waals surface area contributed by atoms with Gasteiger partial charge in [0, 0.05) is 17.0 Å². The number of hydrogen-bond donors (Lipinski definition) is 2. The molecule has 1 amide bonds. The summed E-state index contributed by atoms with van der Waals surface area (Å²) in [5, 5.41) is 9.77. The number of rotatable bonds is 7. The van der Waals surface area contributed by atoms with Gasteiger partial charge < -0.3 is 10.6 Å². The Labute approximate surface area is 203 Å². The van der Waals surface area contributed by atoms with Gasteiger partial charge in [0.15, 0.2) is 11.6 Å². The van der Waals surface area contributed by atoms with Crippen LogP contribution in [-0.2, 0) is 6.18 Å². The molecule has 1 atom stereocenters. The summed E-state index contributed by atoms with van der Waals surface area (Å²) in [6.07, 6.45) is 1.58. The fraction of sp³-hybridized carbons (Fsp3) is 0.318. The summed E-state index contributed by atoms with van der Waals surface area (Å²) in [5.74, 6) is 0.749. The van der Waals surface area contributed by atoms with E-state index in [4.69, 9.17) is 23.8 Å². The molecule has 34 heavy (non-hydrogen) atoms. The van der Waals surface area contributed by atoms with E-state index >= 15 is 0 Å². The van der Waals surface area contributed by atoms with E-state index in [9.17, 15) is 18.0 Å². The summed E-state index contributed by atoms with van der Waals surface area (Å²) in [7, 11) is 0. The molecule has 0 radical (unpaired) electrons. The number of nitrogens with one attached hydrogen (secondary N) is 2. The normalized spacial score (nSPS) is 14.5. The molecule has 1 saturated carbocycles. The van der Waals surface area contributed by atoms with Crippen molar-refractivity contribution in [1.82, 2.24) is 25.1 Å². The highest BCUT2D eigenvalue weighted by Gasteiger charge is 2.32. The first-order chi connectivity index (χ1) is 16.1. The third-order valence-electron chi connectivity index (χ3n) is 5.22. The minimum absolute atomic E-state index is 0.190. The first-order valence-corrected chi connectivity index (χ1v) is 11.2. The van der Waals surface area contributed by atoms with Crippen LogP contribution in [0.3, 0.4) is 0 Å². The van der Waals surface area contributed by atoms with Crippen LogP contribution in [0.5, 0.6) is 0 Å². The Morgan fingerprint density at radius 1 is 1.26 bits per heavy atom. The number of thiocarbonyl (C=S) groups is 1. The number of halogens is 4. The summed E-state index contributed by atoms with van der Waals surface area (Å²) in [6.45, 7) is 1.64. The molecule has 2 N–H and O–H groups in total. The topological polar surface area (TPSA) is 84.7 Å². The Balaban J connectivity index is 1.46. The van der Waals surface area contributed by atoms with Gasteiger partial charge >= 0.3 is 6.18 Å². The van der Waals surface area contributed by atoms with Gasteiger partial charge in [0.2, 0.25) is 0 Å². The lowest BCUT2D eigenvalue weighted by atomic mass is 10.1. The second-order valence-electron chi connectivity index (χ2n) is 8.05. The van der Waals surface area contributed by atoms with E-state index in [1.807, 2.05) is 0 Å². The third kappa shape index (κ3) is 5.89. The predicted molar refractivity (Wildman–Crippen MR) is 125 cm³/mol. The second kappa shape index (κ2) is 9.67. The van der Waals surface area contributed by atoms with Crippen LogP contribution < -0.4 is 10.6 Å². The molecule has 2 aromatic heterocycles. The molecule has 2 heterocycles. The van der Waals surface area contributed by atoms with Crippen LogP contribution in [0.2, 0.25) is 5.02 Å². The van der Waals surface area contributed by atoms with Crippen molar-refractivity contribution >= 4 is 40.4 Å². The number of pyridine rings is 1. The largest absolute Gasteiger partial charge is 0.416 e. The van der Waals surface area contributed by atoms with E-state index in [-0.39, 0.29) is 10.6 Å². The molecule has 178 valence electrons. The lowest BCUT2D eigenvalue weighted by Gasteiger charge is -2.16. The molecule has 0 spiro atoms. The number of amides is 1. The van der Waals surface area contributed by atoms with Crippen LogP contribution in [-0.4, -0.2) is 30.6 Å². The van der Waals surface area contributed by atoms with Crippen molar-refractivity contribution in [3.63, 3.8) is 0 Å². The maximum atomic E-state index is 13.1. The molecule has 12 heteroatoms. The van der Waals surface area contributed by atoms with Gasteiger partial charge in [-0.25, -0.2) is 9.97 Å². The lowest BCUT2D eigenvalue weighted by molar-refractivity contribution is -0.137. The zero-order valence-electron chi connectivity index (χ0n) is 17.9. The van der Waals surface area contributed by atoms with Crippen molar-refractivity contribution in [2.75, 3.05) is 5.32 Å². The Morgan fingerprint density at radius 2 is 2.03 bits per heavy atom. The zero-order valence-corrected chi connectivity index (χ0v) is 19.5. The standard InChI is InChI=1S/C22H20ClF3N6OS/c1-12(30-21(33)14-7-15(22(24,25)26)9-16(23)8-14)20-28-11-29-32(20)18-5-4-17(10-27-18)31-19(34)6-13-2-3-13/h4-5,7-13H,2-3,6H2,1H3,(H,30,33)(H,31,34). The van der Waals surface area contributed by atoms with Gasteiger partial charge in [-0.05, 0) is 56.0 Å². The van der Waals surface area contributed by atoms with Gasteiger partial charge in [-0.2, -0.15) is 23.0 Å². The number of benzene rings is 1. The summed E-state index contributed by atoms with van der Waals surface area (Å²) >= 11 is 11.1. The number of carbonyl (C=O) groups is 1. The van der Waals surface area contributed by atoms with Crippen LogP contribution in [0.4, 0.5) is 18.9 Å². The summed E-state index contributed by atoms with van der Waals surface area (Å²) in [4.78, 5) is 22.0. The van der Waals surface area contributed by atoms with Crippen LogP contribution >= 0.6 is 23.8 Å². The Kier molecular flexibility index (Phi) is 6.85. The number of hydrogen-bond acceptors (Lipinski definition) is 5. The molecule has 1 unspecified atom stereocenters. The Hall–Kier alpha value is -3.05. The fourth-order valence-electron chi connectivity index (χ4n) is 3.33. The molecule has 3 aromatic rings. The van der Waals surface area contributed by atoms with Gasteiger partial charge in [0.25, 0.3) is 5.91 Å². The van der Waals surface area contributed by atoms with E-state index in [1.54, 1.807) is 25.3 Å². The quantitative estimate of drug-likeness (QED) is 0.418. The molecular weight excluding hydrogens is 489 g/mol. The molecule has 7 nitrogen and oxygen atoms in total. The number of alkyl halides is 3. The van der Waals surface area contributed by atoms with Gasteiger partial charge in [-0.1, -0.05) is 23.8 Å². The Morgan fingerprint density at radius 3 is 2.68 bits per heavy atom. The van der Waals surface area contributed by atoms with Gasteiger partial charge in [-0.3, -0.25) is 4.79 Å². The van der Waals surface area contributed by atoms with E-state index in [0.717, 1.165) is 29.2 Å². The SMILES string of the molecule is CC(NC(=O)c1cc(Cl)cc(C(F)(F)F)c1)c1ncnn1-c1ccc(NC(=S)CC2CC2)cn1. The molecule has 0 aliphatic heterocycles. The highest BCUT2D eigenvalue weighted by Crippen LogP contribution is 2.33. The van der Waals surface area contributed by atoms with Crippen LogP contribution in [0.1, 0.15) is 54.0 Å². The van der Waals surface area contributed by atoms with E-state index in [2.05, 4.69) is 25.7 Å². The van der Waals surface area contributed by atoms with Crippen LogP contribution in [0, 0.1) is 5.92 Å². The molecule has 1 aliphatic rings. The average molecular weight is 509 g/mol. The lowest BCUT2D eigenvalue weighted by Crippen LogP contribution is -2.29. The van der Waals surface area contributed by atoms with Gasteiger partial charge in [0.05, 0.1) is 28.5 Å². The highest BCUT2D eigenvalue weighted by atomic mass is 35.5. The Bertz CT molecular complexity index is 1210. The molecular formula is C22H20ClF3N6OS. The highest BCUT2D eigenvalue weighted by molar-refractivity contribution is 7.80. The molecule has 0 saturated heterocycles. The smallest absolute Gasteiger partial charge is 0.349 e. The minimum atomic E-state index is -4.62. The molecule has 4 rings (SSSR count). The van der Waals surface area contributed by atoms with Crippen molar-refractivity contribution in [1.29, 1.82) is 0 Å². The van der Waals surface area contributed by atoms with E-state index < -0.39 is 23.7 Å². The monoisotopic (exact) mass is 508 g/mol. The predicted octanol–water partition coefficient (Wildman–Crippen LogP) is 5.36. The minimum Gasteiger partial charge on any atom is -0.349 e. The molecule has 1 aromatic carbocycles. The van der Waals surface area contributed by atoms with Crippen molar-refractivity contribution < 1.29 is 18.0 Å². The maximum Gasteiger partial charge on any atom is 0.416 e. The summed E-state index contributed by atoms with van der Waals surface area (Å²) in [6, 6.07) is 5.53. The number of anilines is 1. The van der Waals surface area contributed by atoms with E-state index in [0.29, 0.717) is 17.6 Å². The fourth-order valence-corrected chi connectivity index (χ4v) is 3.92. The third-order valence-corrected chi connectivity index (χ3v) is 5.70. The van der Waals surface area contributed by atoms with Crippen molar-refractivity contribution in [2.45, 2.75) is 38.4 Å². The zero-order chi connectivity index (χ0) is 24.5. The molecule has 1 aliphatic carbocycles. The first kappa shape index (κ1) is 24.1. The number of carbonyl (C=O) groups excluding carboxylic acids is 1. The van der Waals surface area contributed by atoms with Crippen molar-refractivity contribution in [2.24, 2.45) is 5.92 Å². The number of nitrogens with zero attached hydrogens (tertiary/aromatic N) is 4. The van der Waals surface area contributed by atoms with Crippen LogP contribution in [0.25, 0.3) is 5.82 Å². The van der Waals surface area contributed by atoms with Gasteiger partial charge in [0.1, 0.15) is 6.33 Å². The molecule has 0 bridgehead atoms. The van der Waals surface area contributed by atoms with E-state index in [1.165, 1.54) is 29.9 Å². The maximum absolute atomic E-state index is 13.1. The summed E-state index contributed by atoms with van der Waals surface area (Å²) in [5.41, 5.74) is -0.470. The van der Waals surface area contributed by atoms with Gasteiger partial charge in [-0.15, -0.1) is 0 Å². The second-order valence-corrected chi connectivity index (χ2v) is 8.98. The van der Waals surface area contributed by atoms with Crippen molar-refractivity contribution in [3.05, 3.63) is 64.8 Å².